The first-order valence-corrected chi connectivity index (χ1v) is 10.5. The molecular formula is C23H21FN6O3. The summed E-state index contributed by atoms with van der Waals surface area (Å²) in [7, 11) is 1.67. The van der Waals surface area contributed by atoms with Gasteiger partial charge in [-0.05, 0) is 11.6 Å². The number of rotatable bonds is 5. The highest BCUT2D eigenvalue weighted by Gasteiger charge is 2.24. The second-order valence-electron chi connectivity index (χ2n) is 7.79. The molecule has 0 unspecified atom stereocenters. The van der Waals surface area contributed by atoms with Crippen molar-refractivity contribution in [2.24, 2.45) is 7.05 Å². The van der Waals surface area contributed by atoms with E-state index in [0.717, 1.165) is 17.3 Å². The van der Waals surface area contributed by atoms with Gasteiger partial charge in [-0.2, -0.15) is 4.98 Å². The van der Waals surface area contributed by atoms with Crippen LogP contribution in [0.25, 0.3) is 22.6 Å². The van der Waals surface area contributed by atoms with Crippen molar-refractivity contribution in [1.82, 2.24) is 24.7 Å². The molecule has 1 fully saturated rings. The van der Waals surface area contributed by atoms with E-state index in [1.807, 2.05) is 29.2 Å². The molecule has 1 aliphatic heterocycles. The summed E-state index contributed by atoms with van der Waals surface area (Å²) >= 11 is 0. The third kappa shape index (κ3) is 4.37. The second-order valence-corrected chi connectivity index (χ2v) is 7.79. The number of anilines is 1. The van der Waals surface area contributed by atoms with Crippen molar-refractivity contribution in [3.63, 3.8) is 0 Å². The molecule has 0 spiro atoms. The molecule has 4 aromatic rings. The van der Waals surface area contributed by atoms with Gasteiger partial charge in [0.1, 0.15) is 0 Å². The Morgan fingerprint density at radius 2 is 2.06 bits per heavy atom. The van der Waals surface area contributed by atoms with Gasteiger partial charge in [0.2, 0.25) is 18.2 Å². The molecule has 0 amide bonds. The summed E-state index contributed by atoms with van der Waals surface area (Å²) in [4.78, 5) is 27.0. The van der Waals surface area contributed by atoms with E-state index in [9.17, 15) is 9.18 Å². The fraction of sp³-hybridized carbons (Fsp3) is 0.261. The zero-order valence-corrected chi connectivity index (χ0v) is 17.9. The minimum Gasteiger partial charge on any atom is -0.374 e. The van der Waals surface area contributed by atoms with Gasteiger partial charge in [-0.15, -0.1) is 0 Å². The molecule has 0 N–H and O–H groups in total. The average Bonchev–Trinajstić information content (AvgIpc) is 3.37. The summed E-state index contributed by atoms with van der Waals surface area (Å²) in [5.74, 6) is 0.502. The molecule has 9 nitrogen and oxygen atoms in total. The Kier molecular flexibility index (Phi) is 5.66. The number of ether oxygens (including phenoxy) is 1. The molecule has 0 aliphatic carbocycles. The van der Waals surface area contributed by atoms with Crippen molar-refractivity contribution < 1.29 is 13.7 Å². The Labute approximate surface area is 188 Å². The van der Waals surface area contributed by atoms with Gasteiger partial charge >= 0.3 is 0 Å². The Bertz CT molecular complexity index is 1310. The van der Waals surface area contributed by atoms with Crippen LogP contribution < -0.4 is 10.5 Å². The number of aromatic nitrogens is 5. The van der Waals surface area contributed by atoms with Gasteiger partial charge in [0, 0.05) is 49.9 Å². The lowest BCUT2D eigenvalue weighted by Crippen LogP contribution is -2.45. The van der Waals surface area contributed by atoms with Crippen LogP contribution in [0.5, 0.6) is 0 Å². The minimum atomic E-state index is -0.520. The highest BCUT2D eigenvalue weighted by Crippen LogP contribution is 2.23. The van der Waals surface area contributed by atoms with Crippen LogP contribution in [0.4, 0.5) is 10.3 Å². The highest BCUT2D eigenvalue weighted by molar-refractivity contribution is 5.60. The van der Waals surface area contributed by atoms with E-state index >= 15 is 0 Å². The Hall–Kier alpha value is -3.92. The van der Waals surface area contributed by atoms with Crippen molar-refractivity contribution in [1.29, 1.82) is 0 Å². The maximum absolute atomic E-state index is 14.2. The maximum atomic E-state index is 14.2. The molecule has 4 heterocycles. The molecule has 33 heavy (non-hydrogen) atoms. The quantitative estimate of drug-likeness (QED) is 0.459. The fourth-order valence-electron chi connectivity index (χ4n) is 3.91. The van der Waals surface area contributed by atoms with E-state index in [-0.39, 0.29) is 22.9 Å². The maximum Gasteiger partial charge on any atom is 0.255 e. The normalized spacial score (nSPS) is 16.2. The zero-order chi connectivity index (χ0) is 22.8. The SMILES string of the molecule is Cn1c(N2CCO[C@@H](Cc3ccc(-c4ncon4)cc3)C2)nc(-c2ccncc2F)cc1=O. The number of morpholine rings is 1. The summed E-state index contributed by atoms with van der Waals surface area (Å²) in [6, 6.07) is 10.8. The number of hydrogen-bond donors (Lipinski definition) is 0. The molecule has 1 saturated heterocycles. The lowest BCUT2D eigenvalue weighted by Gasteiger charge is -2.34. The molecule has 0 radical (unpaired) electrons. The lowest BCUT2D eigenvalue weighted by molar-refractivity contribution is 0.0403. The van der Waals surface area contributed by atoms with E-state index in [1.165, 1.54) is 29.3 Å². The molecular weight excluding hydrogens is 427 g/mol. The minimum absolute atomic E-state index is 0.0898. The van der Waals surface area contributed by atoms with Gasteiger partial charge in [-0.1, -0.05) is 29.4 Å². The van der Waals surface area contributed by atoms with E-state index in [4.69, 9.17) is 9.26 Å². The van der Waals surface area contributed by atoms with E-state index < -0.39 is 5.82 Å². The van der Waals surface area contributed by atoms with Gasteiger partial charge in [0.25, 0.3) is 5.56 Å². The third-order valence-electron chi connectivity index (χ3n) is 5.62. The summed E-state index contributed by atoms with van der Waals surface area (Å²) in [6.45, 7) is 1.63. The predicted molar refractivity (Wildman–Crippen MR) is 118 cm³/mol. The van der Waals surface area contributed by atoms with Crippen molar-refractivity contribution in [3.8, 4) is 22.6 Å². The van der Waals surface area contributed by atoms with Crippen LogP contribution in [0.15, 0.2) is 64.5 Å². The number of nitrogens with zero attached hydrogens (tertiary/aromatic N) is 6. The summed E-state index contributed by atoms with van der Waals surface area (Å²) in [5, 5.41) is 3.85. The number of hydrogen-bond acceptors (Lipinski definition) is 8. The van der Waals surface area contributed by atoms with Crippen LogP contribution in [0, 0.1) is 5.82 Å². The number of halogens is 1. The summed E-state index contributed by atoms with van der Waals surface area (Å²) in [5.41, 5.74) is 2.25. The second kappa shape index (κ2) is 8.91. The van der Waals surface area contributed by atoms with Gasteiger partial charge in [0.15, 0.2) is 5.82 Å². The van der Waals surface area contributed by atoms with Crippen molar-refractivity contribution in [3.05, 3.63) is 76.9 Å². The molecule has 3 aromatic heterocycles. The smallest absolute Gasteiger partial charge is 0.255 e. The van der Waals surface area contributed by atoms with E-state index in [1.54, 1.807) is 7.05 Å². The first kappa shape index (κ1) is 21.0. The summed E-state index contributed by atoms with van der Waals surface area (Å²) < 4.78 is 26.5. The summed E-state index contributed by atoms with van der Waals surface area (Å²) in [6.07, 6.45) is 4.49. The van der Waals surface area contributed by atoms with Gasteiger partial charge < -0.3 is 14.2 Å². The first-order valence-electron chi connectivity index (χ1n) is 10.5. The van der Waals surface area contributed by atoms with Crippen molar-refractivity contribution >= 4 is 5.95 Å². The van der Waals surface area contributed by atoms with E-state index in [2.05, 4.69) is 20.1 Å². The van der Waals surface area contributed by atoms with Gasteiger partial charge in [-0.3, -0.25) is 14.3 Å². The molecule has 0 bridgehead atoms. The van der Waals surface area contributed by atoms with Crippen LogP contribution in [-0.4, -0.2) is 50.5 Å². The lowest BCUT2D eigenvalue weighted by atomic mass is 10.0. The van der Waals surface area contributed by atoms with Crippen LogP contribution in [-0.2, 0) is 18.2 Å². The molecule has 0 saturated carbocycles. The Balaban J connectivity index is 1.35. The van der Waals surface area contributed by atoms with Crippen molar-refractivity contribution in [2.75, 3.05) is 24.6 Å². The monoisotopic (exact) mass is 448 g/mol. The molecule has 5 rings (SSSR count). The molecule has 10 heteroatoms. The van der Waals surface area contributed by atoms with Gasteiger partial charge in [-0.25, -0.2) is 9.37 Å². The Morgan fingerprint density at radius 1 is 1.21 bits per heavy atom. The zero-order valence-electron chi connectivity index (χ0n) is 17.9. The first-order chi connectivity index (χ1) is 16.1. The largest absolute Gasteiger partial charge is 0.374 e. The topological polar surface area (TPSA) is 99.2 Å². The van der Waals surface area contributed by atoms with E-state index in [0.29, 0.717) is 37.9 Å². The van der Waals surface area contributed by atoms with Crippen LogP contribution in [0.1, 0.15) is 5.56 Å². The predicted octanol–water partition coefficient (Wildman–Crippen LogP) is 2.48. The number of benzene rings is 1. The van der Waals surface area contributed by atoms with Crippen LogP contribution >= 0.6 is 0 Å². The van der Waals surface area contributed by atoms with Crippen LogP contribution in [0.2, 0.25) is 0 Å². The Morgan fingerprint density at radius 3 is 2.82 bits per heavy atom. The molecule has 168 valence electrons. The molecule has 1 aromatic carbocycles. The van der Waals surface area contributed by atoms with Gasteiger partial charge in [0.05, 0.1) is 24.6 Å². The average molecular weight is 448 g/mol. The number of pyridine rings is 1. The highest BCUT2D eigenvalue weighted by atomic mass is 19.1. The standard InChI is InChI=1S/C23H21FN6O3/c1-29-21(31)11-20(18-6-7-25-12-19(18)24)27-23(29)30-8-9-32-17(13-30)10-15-2-4-16(5-3-15)22-26-14-33-28-22/h2-7,11-12,14,17H,8-10,13H2,1H3/t17-/m0/s1. The molecule has 1 aliphatic rings. The van der Waals surface area contributed by atoms with Crippen LogP contribution in [0.3, 0.4) is 0 Å². The van der Waals surface area contributed by atoms with Crippen molar-refractivity contribution in [2.45, 2.75) is 12.5 Å². The fourth-order valence-corrected chi connectivity index (χ4v) is 3.91. The molecule has 1 atom stereocenters. The third-order valence-corrected chi connectivity index (χ3v) is 5.62.